The molecule has 20 rings (SSSR count). The molecule has 0 saturated heterocycles. The van der Waals surface area contributed by atoms with E-state index in [0.29, 0.717) is 0 Å². The Morgan fingerprint density at radius 1 is 0.244 bits per heavy atom. The molecule has 12 aromatic carbocycles. The van der Waals surface area contributed by atoms with Gasteiger partial charge in [0, 0.05) is 140 Å². The lowest BCUT2D eigenvalue weighted by molar-refractivity contribution is 1.18. The molecule has 0 N–H and O–H groups in total. The van der Waals surface area contributed by atoms with Crippen LogP contribution in [0.3, 0.4) is 0 Å². The Labute approximate surface area is 475 Å². The Kier molecular flexibility index (Phi) is 8.39. The smallest absolute Gasteiger partial charge is 0.0614 e. The summed E-state index contributed by atoms with van der Waals surface area (Å²) in [6.07, 6.45) is 4.69. The molecule has 8 aromatic heterocycles. The van der Waals surface area contributed by atoms with E-state index in [1.165, 1.54) is 171 Å². The predicted octanol–water partition coefficient (Wildman–Crippen LogP) is 21.7. The summed E-state index contributed by atoms with van der Waals surface area (Å²) in [6.45, 7) is 0. The summed E-state index contributed by atoms with van der Waals surface area (Å²) < 4.78 is 15.1. The van der Waals surface area contributed by atoms with Gasteiger partial charge in [-0.15, -0.1) is 22.7 Å². The summed E-state index contributed by atoms with van der Waals surface area (Å²) in [6, 6.07) is 91.2. The van der Waals surface area contributed by atoms with Crippen LogP contribution < -0.4 is 0 Å². The average Bonchev–Trinajstić information content (AvgIpc) is 3.18. The Morgan fingerprint density at radius 2 is 0.744 bits per heavy atom. The maximum atomic E-state index is 2.50. The molecule has 0 spiro atoms. The Morgan fingerprint density at radius 3 is 1.41 bits per heavy atom. The van der Waals surface area contributed by atoms with Crippen LogP contribution in [0, 0.1) is 0 Å². The van der Waals surface area contributed by atoms with Crippen molar-refractivity contribution in [2.45, 2.75) is 0 Å². The van der Waals surface area contributed by atoms with Gasteiger partial charge in [0.15, 0.2) is 0 Å². The molecule has 82 heavy (non-hydrogen) atoms. The van der Waals surface area contributed by atoms with Crippen molar-refractivity contribution in [1.82, 2.24) is 17.9 Å². The third-order valence-electron chi connectivity index (χ3n) is 18.3. The normalized spacial score (nSPS) is 12.6. The van der Waals surface area contributed by atoms with Crippen LogP contribution in [0.1, 0.15) is 0 Å². The molecule has 0 atom stereocenters. The molecule has 0 aliphatic heterocycles. The molecule has 378 valence electrons. The quantitative estimate of drug-likeness (QED) is 0.157. The van der Waals surface area contributed by atoms with E-state index < -0.39 is 0 Å². The minimum Gasteiger partial charge on any atom is -0.315 e. The van der Waals surface area contributed by atoms with E-state index in [9.17, 15) is 0 Å². The van der Waals surface area contributed by atoms with Gasteiger partial charge in [0.25, 0.3) is 0 Å². The van der Waals surface area contributed by atoms with E-state index in [0.717, 1.165) is 11.4 Å². The molecule has 0 radical (unpaired) electrons. The zero-order valence-electron chi connectivity index (χ0n) is 43.9. The van der Waals surface area contributed by atoms with Gasteiger partial charge in [0.1, 0.15) is 0 Å². The lowest BCUT2D eigenvalue weighted by Gasteiger charge is -2.13. The highest BCUT2D eigenvalue weighted by Gasteiger charge is 2.24. The van der Waals surface area contributed by atoms with Gasteiger partial charge in [0.2, 0.25) is 0 Å². The molecule has 0 saturated carbocycles. The largest absolute Gasteiger partial charge is 0.315 e. The molecule has 0 bridgehead atoms. The summed E-state index contributed by atoms with van der Waals surface area (Å²) in [5.41, 5.74) is 14.5. The van der Waals surface area contributed by atoms with Crippen LogP contribution in [0.25, 0.3) is 182 Å². The molecule has 0 aliphatic carbocycles. The third-order valence-corrected chi connectivity index (χ3v) is 20.6. The van der Waals surface area contributed by atoms with Gasteiger partial charge in [-0.05, 0) is 96.1 Å². The van der Waals surface area contributed by atoms with Crippen molar-refractivity contribution in [2.75, 3.05) is 0 Å². The van der Waals surface area contributed by atoms with Crippen molar-refractivity contribution in [2.24, 2.45) is 0 Å². The number of hydrogen-bond donors (Lipinski definition) is 0. The lowest BCUT2D eigenvalue weighted by atomic mass is 9.97. The summed E-state index contributed by atoms with van der Waals surface area (Å²) in [7, 11) is 0. The first-order valence-electron chi connectivity index (χ1n) is 28.1. The molecule has 20 aromatic rings. The first-order valence-corrected chi connectivity index (χ1v) is 29.8. The SMILES string of the molecule is c1ccc(-n2c3ccccc3c3cc4c5c(ccc6c7cc(-c8ccc(-n9c%10ccccc%10c%10cc%11c%12c(ccc%13sc%14ccccc%14c%13%12)c%12c%13ccccc%13cn%12c%11cc%109)cc8)ccc7sc65)c5c6ccccc6cn5c4cc32)cc1. The first-order chi connectivity index (χ1) is 40.7. The summed E-state index contributed by atoms with van der Waals surface area (Å²) in [5, 5.41) is 23.1. The van der Waals surface area contributed by atoms with Crippen LogP contribution in [0.2, 0.25) is 0 Å². The fourth-order valence-electron chi connectivity index (χ4n) is 14.8. The van der Waals surface area contributed by atoms with Crippen LogP contribution in [-0.4, -0.2) is 17.9 Å². The van der Waals surface area contributed by atoms with Gasteiger partial charge >= 0.3 is 0 Å². The summed E-state index contributed by atoms with van der Waals surface area (Å²) >= 11 is 3.82. The maximum Gasteiger partial charge on any atom is 0.0614 e. The van der Waals surface area contributed by atoms with Gasteiger partial charge in [-0.2, -0.15) is 0 Å². The summed E-state index contributed by atoms with van der Waals surface area (Å²) in [4.78, 5) is 0. The maximum absolute atomic E-state index is 2.50. The van der Waals surface area contributed by atoms with Crippen molar-refractivity contribution in [3.8, 4) is 22.5 Å². The molecule has 0 aliphatic rings. The van der Waals surface area contributed by atoms with E-state index >= 15 is 0 Å². The van der Waals surface area contributed by atoms with Gasteiger partial charge < -0.3 is 17.9 Å². The first kappa shape index (κ1) is 43.6. The molecule has 0 fully saturated rings. The molecular weight excluding hydrogens is 1030 g/mol. The molecule has 0 amide bonds. The fourth-order valence-corrected chi connectivity index (χ4v) is 17.1. The highest BCUT2D eigenvalue weighted by Crippen LogP contribution is 2.49. The minimum absolute atomic E-state index is 1.14. The Hall–Kier alpha value is -10.2. The molecule has 6 heteroatoms. The van der Waals surface area contributed by atoms with Gasteiger partial charge in [0.05, 0.1) is 44.1 Å². The molecule has 8 heterocycles. The zero-order valence-corrected chi connectivity index (χ0v) is 45.5. The molecule has 4 nitrogen and oxygen atoms in total. The van der Waals surface area contributed by atoms with E-state index in [2.05, 4.69) is 273 Å². The second-order valence-electron chi connectivity index (χ2n) is 22.4. The van der Waals surface area contributed by atoms with Crippen LogP contribution in [0.4, 0.5) is 0 Å². The van der Waals surface area contributed by atoms with Gasteiger partial charge in [-0.25, -0.2) is 0 Å². The van der Waals surface area contributed by atoms with Crippen molar-refractivity contribution >= 4 is 183 Å². The minimum atomic E-state index is 1.14. The fraction of sp³-hybridized carbons (Fsp3) is 0. The van der Waals surface area contributed by atoms with Crippen molar-refractivity contribution < 1.29 is 0 Å². The van der Waals surface area contributed by atoms with E-state index in [4.69, 9.17) is 0 Å². The number of fused-ring (bicyclic) bond motifs is 30. The number of para-hydroxylation sites is 3. The van der Waals surface area contributed by atoms with Crippen molar-refractivity contribution in [3.63, 3.8) is 0 Å². The van der Waals surface area contributed by atoms with Crippen LogP contribution in [-0.2, 0) is 0 Å². The van der Waals surface area contributed by atoms with E-state index in [1.807, 2.05) is 22.7 Å². The van der Waals surface area contributed by atoms with Crippen LogP contribution in [0.5, 0.6) is 0 Å². The van der Waals surface area contributed by atoms with E-state index in [1.54, 1.807) is 0 Å². The average molecular weight is 1080 g/mol. The Bertz CT molecular complexity index is 6240. The van der Waals surface area contributed by atoms with Crippen LogP contribution in [0.15, 0.2) is 255 Å². The third kappa shape index (κ3) is 5.64. The standard InChI is InChI=1S/C76H42N4S2/c1-2-16-47(17-3-1)79-62-23-11-8-21-52(62)58-38-61-65(40-66(58)79)78-42-46-15-5-7-19-50(46)75(78)56-32-31-53-59-36-44(28-34-69(59)82-76(53)72(56)61)43-26-29-48(30-27-43)80-63-24-12-9-20-51(63)57-37-60-64(39-67(57)80)77-41-45-14-4-6-18-49(45)74(77)55-33-35-70-73(71(55)60)54-22-10-13-25-68(54)81-70/h1-42H. The van der Waals surface area contributed by atoms with Gasteiger partial charge in [-0.1, -0.05) is 158 Å². The monoisotopic (exact) mass is 1070 g/mol. The second-order valence-corrected chi connectivity index (χ2v) is 24.5. The topological polar surface area (TPSA) is 18.7 Å². The number of rotatable bonds is 3. The number of thiophene rings is 2. The van der Waals surface area contributed by atoms with Crippen LogP contribution >= 0.6 is 22.7 Å². The highest BCUT2D eigenvalue weighted by molar-refractivity contribution is 7.27. The number of pyridine rings is 2. The van der Waals surface area contributed by atoms with Crippen molar-refractivity contribution in [1.29, 1.82) is 0 Å². The molecular formula is C76H42N4S2. The molecule has 0 unspecified atom stereocenters. The number of nitrogens with zero attached hydrogens (tertiary/aromatic N) is 4. The number of hydrogen-bond acceptors (Lipinski definition) is 2. The van der Waals surface area contributed by atoms with Gasteiger partial charge in [-0.3, -0.25) is 0 Å². The lowest BCUT2D eigenvalue weighted by Crippen LogP contribution is -1.95. The predicted molar refractivity (Wildman–Crippen MR) is 353 cm³/mol. The summed E-state index contributed by atoms with van der Waals surface area (Å²) in [5.74, 6) is 0. The second kappa shape index (κ2) is 15.8. The van der Waals surface area contributed by atoms with E-state index in [-0.39, 0.29) is 0 Å². The Balaban J connectivity index is 0.783. The number of benzene rings is 12. The highest BCUT2D eigenvalue weighted by atomic mass is 32.1. The van der Waals surface area contributed by atoms with Crippen molar-refractivity contribution in [3.05, 3.63) is 255 Å². The number of aromatic nitrogens is 4. The zero-order chi connectivity index (χ0) is 53.1.